The van der Waals surface area contributed by atoms with Crippen molar-refractivity contribution >= 4 is 12.2 Å². The van der Waals surface area contributed by atoms with Crippen molar-refractivity contribution < 1.29 is 19.1 Å². The van der Waals surface area contributed by atoms with Crippen LogP contribution in [-0.4, -0.2) is 46.0 Å². The number of rotatable bonds is 2. The summed E-state index contributed by atoms with van der Waals surface area (Å²) in [7, 11) is 0. The van der Waals surface area contributed by atoms with E-state index in [0.717, 1.165) is 12.8 Å². The van der Waals surface area contributed by atoms with Crippen molar-refractivity contribution in [1.29, 1.82) is 0 Å². The lowest BCUT2D eigenvalue weighted by atomic mass is 9.68. The zero-order valence-corrected chi connectivity index (χ0v) is 17.0. The predicted octanol–water partition coefficient (Wildman–Crippen LogP) is 4.36. The average Bonchev–Trinajstić information content (AvgIpc) is 2.82. The SMILES string of the molecule is CC(C)OC(=O)N1C2C=CC(C)(C3CC(C)(C)CC23)N1C(=O)OC(C)C. The number of nitrogens with zero attached hydrogens (tertiary/aromatic N) is 2. The number of carbonyl (C=O) groups is 2. The quantitative estimate of drug-likeness (QED) is 0.683. The molecule has 2 bridgehead atoms. The van der Waals surface area contributed by atoms with Crippen molar-refractivity contribution in [2.24, 2.45) is 17.3 Å². The van der Waals surface area contributed by atoms with Crippen LogP contribution in [0.3, 0.4) is 0 Å². The largest absolute Gasteiger partial charge is 0.445 e. The number of hydrogen-bond acceptors (Lipinski definition) is 4. The summed E-state index contributed by atoms with van der Waals surface area (Å²) in [4.78, 5) is 25.9. The highest BCUT2D eigenvalue weighted by molar-refractivity contribution is 5.77. The maximum atomic E-state index is 13.0. The first-order valence-electron chi connectivity index (χ1n) is 9.66. The highest BCUT2D eigenvalue weighted by Crippen LogP contribution is 2.58. The van der Waals surface area contributed by atoms with E-state index in [0.29, 0.717) is 11.8 Å². The van der Waals surface area contributed by atoms with Gasteiger partial charge in [-0.2, -0.15) is 0 Å². The molecule has 4 atom stereocenters. The molecule has 0 aromatic rings. The Labute approximate surface area is 156 Å². The van der Waals surface area contributed by atoms with E-state index in [4.69, 9.17) is 9.47 Å². The Morgan fingerprint density at radius 1 is 1.00 bits per heavy atom. The summed E-state index contributed by atoms with van der Waals surface area (Å²) < 4.78 is 11.0. The van der Waals surface area contributed by atoms with Gasteiger partial charge in [0.2, 0.25) is 0 Å². The van der Waals surface area contributed by atoms with Crippen molar-refractivity contribution in [2.75, 3.05) is 0 Å². The van der Waals surface area contributed by atoms with Gasteiger partial charge in [0.05, 0.1) is 23.8 Å². The smallest absolute Gasteiger partial charge is 0.430 e. The first-order chi connectivity index (χ1) is 12.0. The Hall–Kier alpha value is -1.72. The van der Waals surface area contributed by atoms with E-state index in [1.54, 1.807) is 0 Å². The molecule has 0 N–H and O–H groups in total. The fourth-order valence-corrected chi connectivity index (χ4v) is 5.02. The van der Waals surface area contributed by atoms with Crippen molar-refractivity contribution in [3.8, 4) is 0 Å². The van der Waals surface area contributed by atoms with Crippen LogP contribution in [0.25, 0.3) is 0 Å². The van der Waals surface area contributed by atoms with Gasteiger partial charge in [-0.15, -0.1) is 0 Å². The molecule has 2 aliphatic heterocycles. The van der Waals surface area contributed by atoms with Crippen LogP contribution in [0.4, 0.5) is 9.59 Å². The summed E-state index contributed by atoms with van der Waals surface area (Å²) in [6.45, 7) is 13.8. The molecule has 2 aliphatic carbocycles. The van der Waals surface area contributed by atoms with Gasteiger partial charge in [0.15, 0.2) is 0 Å². The zero-order chi connectivity index (χ0) is 19.4. The fraction of sp³-hybridized carbons (Fsp3) is 0.800. The summed E-state index contributed by atoms with van der Waals surface area (Å²) in [5, 5.41) is 3.03. The number of hydrogen-bond donors (Lipinski definition) is 0. The molecule has 6 nitrogen and oxygen atoms in total. The Kier molecular flexibility index (Phi) is 4.52. The molecule has 26 heavy (non-hydrogen) atoms. The van der Waals surface area contributed by atoms with Crippen molar-refractivity contribution in [2.45, 2.75) is 85.1 Å². The van der Waals surface area contributed by atoms with Gasteiger partial charge in [-0.1, -0.05) is 26.0 Å². The summed E-state index contributed by atoms with van der Waals surface area (Å²) in [5.41, 5.74) is -0.401. The zero-order valence-electron chi connectivity index (χ0n) is 17.0. The van der Waals surface area contributed by atoms with Gasteiger partial charge in [-0.25, -0.2) is 19.6 Å². The monoisotopic (exact) mass is 364 g/mol. The highest BCUT2D eigenvalue weighted by Gasteiger charge is 2.63. The molecular formula is C20H32N2O4. The van der Waals surface area contributed by atoms with Crippen molar-refractivity contribution in [3.63, 3.8) is 0 Å². The van der Waals surface area contributed by atoms with Gasteiger partial charge in [0, 0.05) is 0 Å². The Morgan fingerprint density at radius 2 is 1.58 bits per heavy atom. The van der Waals surface area contributed by atoms with E-state index >= 15 is 0 Å². The van der Waals surface area contributed by atoms with Crippen molar-refractivity contribution in [3.05, 3.63) is 12.2 Å². The molecule has 4 rings (SSSR count). The van der Waals surface area contributed by atoms with Crippen LogP contribution < -0.4 is 0 Å². The van der Waals surface area contributed by atoms with Crippen molar-refractivity contribution in [1.82, 2.24) is 10.0 Å². The van der Waals surface area contributed by atoms with Crippen LogP contribution in [0, 0.1) is 17.3 Å². The molecule has 146 valence electrons. The lowest BCUT2D eigenvalue weighted by molar-refractivity contribution is -0.156. The first kappa shape index (κ1) is 19.1. The van der Waals surface area contributed by atoms with Crippen LogP contribution >= 0.6 is 0 Å². The molecule has 4 aliphatic rings. The van der Waals surface area contributed by atoms with Gasteiger partial charge < -0.3 is 9.47 Å². The minimum absolute atomic E-state index is 0.172. The lowest BCUT2D eigenvalue weighted by Gasteiger charge is -2.59. The summed E-state index contributed by atoms with van der Waals surface area (Å²) in [6.07, 6.45) is 4.73. The number of fused-ring (bicyclic) bond motifs is 1. The third kappa shape index (κ3) is 2.97. The molecule has 0 aromatic heterocycles. The van der Waals surface area contributed by atoms with Gasteiger partial charge in [-0.3, -0.25) is 0 Å². The second-order valence-corrected chi connectivity index (χ2v) is 9.44. The molecule has 1 saturated carbocycles. The summed E-state index contributed by atoms with van der Waals surface area (Å²) >= 11 is 0. The molecular weight excluding hydrogens is 332 g/mol. The van der Waals surface area contributed by atoms with E-state index in [1.807, 2.05) is 34.6 Å². The second kappa shape index (κ2) is 6.17. The third-order valence-electron chi connectivity index (χ3n) is 5.89. The number of ether oxygens (including phenoxy) is 2. The lowest BCUT2D eigenvalue weighted by Crippen LogP contribution is -2.73. The Balaban J connectivity index is 2.03. The van der Waals surface area contributed by atoms with E-state index in [-0.39, 0.29) is 23.7 Å². The second-order valence-electron chi connectivity index (χ2n) is 9.44. The van der Waals surface area contributed by atoms with Gasteiger partial charge in [0.25, 0.3) is 0 Å². The van der Waals surface area contributed by atoms with Crippen LogP contribution in [0.5, 0.6) is 0 Å². The van der Waals surface area contributed by atoms with E-state index in [9.17, 15) is 9.59 Å². The molecule has 2 amide bonds. The molecule has 2 heterocycles. The molecule has 2 fully saturated rings. The topological polar surface area (TPSA) is 59.1 Å². The summed E-state index contributed by atoms with van der Waals surface area (Å²) in [5.74, 6) is 0.623. The van der Waals surface area contributed by atoms with Gasteiger partial charge in [-0.05, 0) is 64.7 Å². The van der Waals surface area contributed by atoms with Crippen LogP contribution in [0.1, 0.15) is 61.3 Å². The molecule has 0 aromatic carbocycles. The van der Waals surface area contributed by atoms with Crippen LogP contribution in [-0.2, 0) is 9.47 Å². The number of carbonyl (C=O) groups excluding carboxylic acids is 2. The van der Waals surface area contributed by atoms with Gasteiger partial charge >= 0.3 is 12.2 Å². The van der Waals surface area contributed by atoms with Crippen LogP contribution in [0.2, 0.25) is 0 Å². The minimum atomic E-state index is -0.588. The normalized spacial score (nSPS) is 34.4. The minimum Gasteiger partial charge on any atom is -0.445 e. The van der Waals surface area contributed by atoms with E-state index in [1.165, 1.54) is 10.0 Å². The van der Waals surface area contributed by atoms with E-state index in [2.05, 4.69) is 26.0 Å². The third-order valence-corrected chi connectivity index (χ3v) is 5.89. The summed E-state index contributed by atoms with van der Waals surface area (Å²) in [6, 6.07) is -0.172. The number of amides is 2. The maximum Gasteiger partial charge on any atom is 0.430 e. The fourth-order valence-electron chi connectivity index (χ4n) is 5.02. The molecule has 4 unspecified atom stereocenters. The molecule has 0 spiro atoms. The molecule has 6 heteroatoms. The Bertz CT molecular complexity index is 627. The predicted molar refractivity (Wildman–Crippen MR) is 98.2 cm³/mol. The average molecular weight is 364 g/mol. The van der Waals surface area contributed by atoms with Gasteiger partial charge in [0.1, 0.15) is 0 Å². The highest BCUT2D eigenvalue weighted by atomic mass is 16.6. The molecule has 1 saturated heterocycles. The standard InChI is InChI=1S/C20H32N2O4/c1-12(2)25-17(23)21-16-8-9-20(7,22(21)18(24)26-13(3)4)15-11-19(5,6)10-14(15)16/h8-9,12-16H,10-11H2,1-7H3. The van der Waals surface area contributed by atoms with Crippen LogP contribution in [0.15, 0.2) is 12.2 Å². The first-order valence-corrected chi connectivity index (χ1v) is 9.66. The van der Waals surface area contributed by atoms with E-state index < -0.39 is 17.7 Å². The number of hydrazine groups is 1. The Morgan fingerprint density at radius 3 is 2.15 bits per heavy atom. The molecule has 0 radical (unpaired) electrons. The maximum absolute atomic E-state index is 13.0.